The van der Waals surface area contributed by atoms with Crippen molar-refractivity contribution in [2.24, 2.45) is 0 Å². The molecule has 156 valence electrons. The van der Waals surface area contributed by atoms with Gasteiger partial charge in [-0.05, 0) is 6.42 Å². The number of aliphatic hydroxyl groups excluding tert-OH is 1. The van der Waals surface area contributed by atoms with Crippen LogP contribution < -0.4 is 0 Å². The molecule has 0 bridgehead atoms. The van der Waals surface area contributed by atoms with E-state index in [1.54, 1.807) is 0 Å². The molecule has 0 aromatic heterocycles. The molecule has 3 nitrogen and oxygen atoms in total. The van der Waals surface area contributed by atoms with Crippen molar-refractivity contribution in [1.29, 1.82) is 0 Å². The second-order valence-corrected chi connectivity index (χ2v) is 7.49. The van der Waals surface area contributed by atoms with E-state index in [0.29, 0.717) is 12.4 Å². The summed E-state index contributed by atoms with van der Waals surface area (Å²) in [6, 6.07) is 0. The van der Waals surface area contributed by atoms with Gasteiger partial charge >= 0.3 is 0 Å². The van der Waals surface area contributed by atoms with Gasteiger partial charge in [0.05, 0.1) is 19.0 Å². The van der Waals surface area contributed by atoms with Crippen molar-refractivity contribution in [2.45, 2.75) is 116 Å². The number of allylic oxidation sites excluding steroid dienone is 1. The van der Waals surface area contributed by atoms with Crippen LogP contribution in [0.1, 0.15) is 110 Å². The van der Waals surface area contributed by atoms with Crippen LogP contribution in [0.2, 0.25) is 0 Å². The number of ether oxygens (including phenoxy) is 2. The van der Waals surface area contributed by atoms with Crippen LogP contribution in [0.3, 0.4) is 0 Å². The molecule has 1 N–H and O–H groups in total. The van der Waals surface area contributed by atoms with Crippen molar-refractivity contribution >= 4 is 0 Å². The molecule has 0 radical (unpaired) electrons. The van der Waals surface area contributed by atoms with Gasteiger partial charge in [0.2, 0.25) is 0 Å². The highest BCUT2D eigenvalue weighted by atomic mass is 16.5. The summed E-state index contributed by atoms with van der Waals surface area (Å²) in [4.78, 5) is 0. The molecular formula is C23H46O3. The molecule has 26 heavy (non-hydrogen) atoms. The standard InChI is InChI=1S/C23H46O3/c1-4-6-7-8-9-10-11-12-13-14-15-16-17-18-19-25-21-23(20-24)26-22(3)5-2/h23-24H,3-21H2,1-2H3. The van der Waals surface area contributed by atoms with E-state index < -0.39 is 0 Å². The zero-order valence-corrected chi connectivity index (χ0v) is 17.8. The minimum Gasteiger partial charge on any atom is -0.491 e. The summed E-state index contributed by atoms with van der Waals surface area (Å²) in [6.07, 6.45) is 19.7. The molecule has 0 aliphatic carbocycles. The number of aliphatic hydroxyl groups is 1. The Morgan fingerprint density at radius 2 is 1.23 bits per heavy atom. The highest BCUT2D eigenvalue weighted by Gasteiger charge is 2.09. The Balaban J connectivity index is 3.20. The summed E-state index contributed by atoms with van der Waals surface area (Å²) in [7, 11) is 0. The molecule has 0 amide bonds. The SMILES string of the molecule is C=C(CC)OC(CO)COCCCCCCCCCCCCCCCC. The molecule has 1 unspecified atom stereocenters. The third-order valence-corrected chi connectivity index (χ3v) is 4.88. The monoisotopic (exact) mass is 370 g/mol. The minimum atomic E-state index is -0.269. The Kier molecular flexibility index (Phi) is 20.3. The maximum atomic E-state index is 9.25. The third-order valence-electron chi connectivity index (χ3n) is 4.88. The zero-order chi connectivity index (χ0) is 19.3. The molecule has 0 aromatic rings. The van der Waals surface area contributed by atoms with E-state index in [1.165, 1.54) is 83.5 Å². The highest BCUT2D eigenvalue weighted by molar-refractivity contribution is 4.81. The van der Waals surface area contributed by atoms with Crippen LogP contribution in [0.4, 0.5) is 0 Å². The van der Waals surface area contributed by atoms with E-state index >= 15 is 0 Å². The molecule has 0 aromatic carbocycles. The van der Waals surface area contributed by atoms with Gasteiger partial charge in [0.25, 0.3) is 0 Å². The van der Waals surface area contributed by atoms with Gasteiger partial charge in [-0.1, -0.05) is 104 Å². The average molecular weight is 371 g/mol. The van der Waals surface area contributed by atoms with Gasteiger partial charge in [0, 0.05) is 13.0 Å². The average Bonchev–Trinajstić information content (AvgIpc) is 2.66. The molecule has 0 saturated carbocycles. The van der Waals surface area contributed by atoms with Gasteiger partial charge in [-0.2, -0.15) is 0 Å². The molecule has 0 heterocycles. The van der Waals surface area contributed by atoms with Crippen molar-refractivity contribution in [3.63, 3.8) is 0 Å². The van der Waals surface area contributed by atoms with Gasteiger partial charge < -0.3 is 14.6 Å². The predicted octanol–water partition coefficient (Wildman–Crippen LogP) is 6.79. The molecule has 1 atom stereocenters. The molecule has 0 spiro atoms. The van der Waals surface area contributed by atoms with Crippen LogP contribution in [0, 0.1) is 0 Å². The maximum Gasteiger partial charge on any atom is 0.144 e. The van der Waals surface area contributed by atoms with E-state index in [0.717, 1.165) is 19.4 Å². The molecule has 0 aliphatic rings. The molecule has 0 aliphatic heterocycles. The lowest BCUT2D eigenvalue weighted by atomic mass is 10.0. The summed E-state index contributed by atoms with van der Waals surface area (Å²) < 4.78 is 11.1. The third kappa shape index (κ3) is 18.3. The first-order valence-corrected chi connectivity index (χ1v) is 11.3. The first kappa shape index (κ1) is 25.5. The van der Waals surface area contributed by atoms with Gasteiger partial charge in [0.1, 0.15) is 6.10 Å². The lowest BCUT2D eigenvalue weighted by Gasteiger charge is -2.17. The lowest BCUT2D eigenvalue weighted by molar-refractivity contribution is -0.0154. The Morgan fingerprint density at radius 3 is 1.65 bits per heavy atom. The van der Waals surface area contributed by atoms with Gasteiger partial charge in [-0.3, -0.25) is 0 Å². The van der Waals surface area contributed by atoms with Crippen LogP contribution in [0.5, 0.6) is 0 Å². The molecule has 3 heteroatoms. The quantitative estimate of drug-likeness (QED) is 0.179. The number of hydrogen-bond donors (Lipinski definition) is 1. The van der Waals surface area contributed by atoms with Crippen LogP contribution in [0.25, 0.3) is 0 Å². The van der Waals surface area contributed by atoms with Crippen LogP contribution >= 0.6 is 0 Å². The first-order valence-electron chi connectivity index (χ1n) is 11.3. The molecule has 0 saturated heterocycles. The first-order chi connectivity index (χ1) is 12.7. The lowest BCUT2D eigenvalue weighted by Crippen LogP contribution is -2.23. The number of hydrogen-bond acceptors (Lipinski definition) is 3. The van der Waals surface area contributed by atoms with Gasteiger partial charge in [-0.25, -0.2) is 0 Å². The van der Waals surface area contributed by atoms with E-state index in [2.05, 4.69) is 13.5 Å². The predicted molar refractivity (Wildman–Crippen MR) is 113 cm³/mol. The Morgan fingerprint density at radius 1 is 0.769 bits per heavy atom. The summed E-state index contributed by atoms with van der Waals surface area (Å²) >= 11 is 0. The van der Waals surface area contributed by atoms with Gasteiger partial charge in [0.15, 0.2) is 0 Å². The second-order valence-electron chi connectivity index (χ2n) is 7.49. The van der Waals surface area contributed by atoms with E-state index in [9.17, 15) is 5.11 Å². The topological polar surface area (TPSA) is 38.7 Å². The van der Waals surface area contributed by atoms with Crippen molar-refractivity contribution in [2.75, 3.05) is 19.8 Å². The molecule has 0 rings (SSSR count). The number of unbranched alkanes of at least 4 members (excludes halogenated alkanes) is 13. The van der Waals surface area contributed by atoms with Crippen molar-refractivity contribution < 1.29 is 14.6 Å². The van der Waals surface area contributed by atoms with Gasteiger partial charge in [-0.15, -0.1) is 0 Å². The maximum absolute atomic E-state index is 9.25. The summed E-state index contributed by atoms with van der Waals surface area (Å²) in [5.74, 6) is 0.712. The summed E-state index contributed by atoms with van der Waals surface area (Å²) in [6.45, 7) is 9.26. The Bertz CT molecular complexity index is 291. The molecule has 0 fully saturated rings. The number of rotatable bonds is 21. The Hall–Kier alpha value is -0.540. The Labute approximate surface area is 163 Å². The summed E-state index contributed by atoms with van der Waals surface area (Å²) in [5, 5.41) is 9.25. The van der Waals surface area contributed by atoms with Crippen molar-refractivity contribution in [1.82, 2.24) is 0 Å². The van der Waals surface area contributed by atoms with E-state index in [1.807, 2.05) is 6.92 Å². The van der Waals surface area contributed by atoms with Crippen LogP contribution in [-0.2, 0) is 9.47 Å². The molecular weight excluding hydrogens is 324 g/mol. The highest BCUT2D eigenvalue weighted by Crippen LogP contribution is 2.13. The largest absolute Gasteiger partial charge is 0.491 e. The van der Waals surface area contributed by atoms with E-state index in [-0.39, 0.29) is 12.7 Å². The van der Waals surface area contributed by atoms with Crippen LogP contribution in [0.15, 0.2) is 12.3 Å². The fourth-order valence-electron chi connectivity index (χ4n) is 3.06. The summed E-state index contributed by atoms with van der Waals surface area (Å²) in [5.41, 5.74) is 0. The fourth-order valence-corrected chi connectivity index (χ4v) is 3.06. The van der Waals surface area contributed by atoms with Crippen molar-refractivity contribution in [3.8, 4) is 0 Å². The van der Waals surface area contributed by atoms with Crippen LogP contribution in [-0.4, -0.2) is 31.0 Å². The minimum absolute atomic E-state index is 0.0161. The van der Waals surface area contributed by atoms with E-state index in [4.69, 9.17) is 9.47 Å². The fraction of sp³-hybridized carbons (Fsp3) is 0.913. The normalized spacial score (nSPS) is 12.3. The second kappa shape index (κ2) is 20.8. The zero-order valence-electron chi connectivity index (χ0n) is 17.8. The van der Waals surface area contributed by atoms with Crippen molar-refractivity contribution in [3.05, 3.63) is 12.3 Å². The smallest absolute Gasteiger partial charge is 0.144 e.